The van der Waals surface area contributed by atoms with Crippen LogP contribution in [-0.4, -0.2) is 41.3 Å². The number of benzene rings is 1. The van der Waals surface area contributed by atoms with E-state index in [0.717, 1.165) is 11.1 Å². The molecule has 1 aromatic rings. The van der Waals surface area contributed by atoms with Crippen LogP contribution in [0.4, 0.5) is 10.5 Å². The fourth-order valence-corrected chi connectivity index (χ4v) is 2.62. The Hall–Kier alpha value is -2.24. The minimum absolute atomic E-state index is 0.397. The highest BCUT2D eigenvalue weighted by Gasteiger charge is 2.21. The molecular formula is C19H30N2O4. The minimum Gasteiger partial charge on any atom is -0.481 e. The maximum absolute atomic E-state index is 11.9. The number of carbonyl (C=O) groups excluding carboxylic acids is 1. The van der Waals surface area contributed by atoms with Crippen LogP contribution in [0.1, 0.15) is 44.7 Å². The van der Waals surface area contributed by atoms with Crippen LogP contribution in [0, 0.1) is 12.8 Å². The number of carbonyl (C=O) groups is 2. The third-order valence-corrected chi connectivity index (χ3v) is 3.74. The number of aliphatic carboxylic acids is 1. The zero-order chi connectivity index (χ0) is 19.2. The van der Waals surface area contributed by atoms with Crippen LogP contribution in [0.5, 0.6) is 0 Å². The van der Waals surface area contributed by atoms with Gasteiger partial charge in [0.05, 0.1) is 5.92 Å². The van der Waals surface area contributed by atoms with Crippen molar-refractivity contribution in [3.63, 3.8) is 0 Å². The molecule has 0 spiro atoms. The van der Waals surface area contributed by atoms with Crippen LogP contribution in [-0.2, 0) is 16.0 Å². The Labute approximate surface area is 150 Å². The quantitative estimate of drug-likeness (QED) is 0.735. The molecule has 0 bridgehead atoms. The van der Waals surface area contributed by atoms with Gasteiger partial charge in [-0.25, -0.2) is 4.79 Å². The predicted octanol–water partition coefficient (Wildman–Crippen LogP) is 3.47. The molecule has 1 rings (SSSR count). The highest BCUT2D eigenvalue weighted by Crippen LogP contribution is 2.19. The molecule has 25 heavy (non-hydrogen) atoms. The first-order chi connectivity index (χ1) is 11.5. The second kappa shape index (κ2) is 8.74. The summed E-state index contributed by atoms with van der Waals surface area (Å²) in [5.74, 6) is -1.34. The molecule has 0 radical (unpaired) electrons. The van der Waals surface area contributed by atoms with Gasteiger partial charge in [-0.2, -0.15) is 0 Å². The van der Waals surface area contributed by atoms with Gasteiger partial charge in [0.2, 0.25) is 0 Å². The van der Waals surface area contributed by atoms with Gasteiger partial charge in [-0.15, -0.1) is 0 Å². The van der Waals surface area contributed by atoms with Crippen molar-refractivity contribution in [3.8, 4) is 0 Å². The molecule has 1 amide bonds. The van der Waals surface area contributed by atoms with Gasteiger partial charge in [0.15, 0.2) is 0 Å². The number of hydrogen-bond acceptors (Lipinski definition) is 4. The summed E-state index contributed by atoms with van der Waals surface area (Å²) in [4.78, 5) is 24.9. The van der Waals surface area contributed by atoms with E-state index in [-0.39, 0.29) is 0 Å². The first-order valence-electron chi connectivity index (χ1n) is 8.51. The molecule has 0 heterocycles. The van der Waals surface area contributed by atoms with Crippen molar-refractivity contribution in [1.82, 2.24) is 4.90 Å². The summed E-state index contributed by atoms with van der Waals surface area (Å²) in [5.41, 5.74) is 7.87. The summed E-state index contributed by atoms with van der Waals surface area (Å²) in [6.45, 7) is 7.83. The zero-order valence-corrected chi connectivity index (χ0v) is 15.8. The Balaban J connectivity index is 2.56. The SMILES string of the molecule is Cc1cc(N)cc(C[C@@H](CCCN(C)C(=O)OC(C)(C)C)C(=O)O)c1. The number of hydrogen-bond donors (Lipinski definition) is 2. The van der Waals surface area contributed by atoms with Gasteiger partial charge in [0.1, 0.15) is 5.60 Å². The lowest BCUT2D eigenvalue weighted by Gasteiger charge is -2.25. The van der Waals surface area contributed by atoms with E-state index in [1.54, 1.807) is 7.05 Å². The van der Waals surface area contributed by atoms with Gasteiger partial charge in [0.25, 0.3) is 0 Å². The van der Waals surface area contributed by atoms with Crippen molar-refractivity contribution in [2.24, 2.45) is 5.92 Å². The summed E-state index contributed by atoms with van der Waals surface area (Å²) in [6, 6.07) is 5.63. The van der Waals surface area contributed by atoms with Crippen LogP contribution < -0.4 is 5.73 Å². The van der Waals surface area contributed by atoms with Gasteiger partial charge in [-0.1, -0.05) is 6.07 Å². The van der Waals surface area contributed by atoms with Crippen molar-refractivity contribution in [2.45, 2.75) is 52.6 Å². The number of nitrogen functional groups attached to an aromatic ring is 1. The van der Waals surface area contributed by atoms with Gasteiger partial charge < -0.3 is 20.5 Å². The summed E-state index contributed by atoms with van der Waals surface area (Å²) in [7, 11) is 1.66. The van der Waals surface area contributed by atoms with Gasteiger partial charge in [0, 0.05) is 19.3 Å². The smallest absolute Gasteiger partial charge is 0.410 e. The Morgan fingerprint density at radius 2 is 1.92 bits per heavy atom. The first kappa shape index (κ1) is 20.8. The molecular weight excluding hydrogens is 320 g/mol. The lowest BCUT2D eigenvalue weighted by atomic mass is 9.93. The fourth-order valence-electron chi connectivity index (χ4n) is 2.62. The summed E-state index contributed by atoms with van der Waals surface area (Å²) in [5, 5.41) is 9.46. The highest BCUT2D eigenvalue weighted by atomic mass is 16.6. The van der Waals surface area contributed by atoms with Crippen LogP contribution in [0.15, 0.2) is 18.2 Å². The maximum Gasteiger partial charge on any atom is 0.410 e. The molecule has 0 saturated carbocycles. The standard InChI is InChI=1S/C19H30N2O4/c1-13-9-14(12-16(20)10-13)11-15(17(22)23)7-6-8-21(5)18(24)25-19(2,3)4/h9-10,12,15H,6-8,11,20H2,1-5H3,(H,22,23)/t15-/m1/s1. The fraction of sp³-hybridized carbons (Fsp3) is 0.579. The number of rotatable bonds is 7. The first-order valence-corrected chi connectivity index (χ1v) is 8.51. The number of anilines is 1. The Bertz CT molecular complexity index is 588. The number of aryl methyl sites for hydroxylation is 1. The van der Waals surface area contributed by atoms with Crippen molar-refractivity contribution in [3.05, 3.63) is 29.3 Å². The van der Waals surface area contributed by atoms with Gasteiger partial charge >= 0.3 is 12.1 Å². The topological polar surface area (TPSA) is 92.9 Å². The monoisotopic (exact) mass is 350 g/mol. The molecule has 6 nitrogen and oxygen atoms in total. The molecule has 0 aliphatic carbocycles. The summed E-state index contributed by atoms with van der Waals surface area (Å²) < 4.78 is 5.28. The molecule has 1 aromatic carbocycles. The molecule has 1 atom stereocenters. The van der Waals surface area contributed by atoms with Crippen LogP contribution in [0.2, 0.25) is 0 Å². The molecule has 3 N–H and O–H groups in total. The van der Waals surface area contributed by atoms with E-state index in [9.17, 15) is 14.7 Å². The van der Waals surface area contributed by atoms with E-state index in [1.165, 1.54) is 4.90 Å². The number of carboxylic acid groups (broad SMARTS) is 1. The maximum atomic E-state index is 11.9. The largest absolute Gasteiger partial charge is 0.481 e. The summed E-state index contributed by atoms with van der Waals surface area (Å²) in [6.07, 6.45) is 1.10. The molecule has 0 unspecified atom stereocenters. The van der Waals surface area contributed by atoms with Crippen LogP contribution in [0.25, 0.3) is 0 Å². The second-order valence-corrected chi connectivity index (χ2v) is 7.54. The number of amides is 1. The van der Waals surface area contributed by atoms with E-state index < -0.39 is 23.6 Å². The third kappa shape index (κ3) is 7.92. The van der Waals surface area contributed by atoms with Crippen molar-refractivity contribution in [2.75, 3.05) is 19.3 Å². The number of nitrogens with two attached hydrogens (primary N) is 1. The second-order valence-electron chi connectivity index (χ2n) is 7.54. The average molecular weight is 350 g/mol. The Morgan fingerprint density at radius 3 is 2.44 bits per heavy atom. The van der Waals surface area contributed by atoms with Crippen molar-refractivity contribution in [1.29, 1.82) is 0 Å². The third-order valence-electron chi connectivity index (χ3n) is 3.74. The molecule has 140 valence electrons. The van der Waals surface area contributed by atoms with Crippen LogP contribution in [0.3, 0.4) is 0 Å². The lowest BCUT2D eigenvalue weighted by Crippen LogP contribution is -2.35. The van der Waals surface area contributed by atoms with Crippen molar-refractivity contribution < 1.29 is 19.4 Å². The minimum atomic E-state index is -0.833. The molecule has 0 aromatic heterocycles. The molecule has 0 fully saturated rings. The molecule has 6 heteroatoms. The highest BCUT2D eigenvalue weighted by molar-refractivity contribution is 5.70. The van der Waals surface area contributed by atoms with E-state index in [1.807, 2.05) is 45.9 Å². The van der Waals surface area contributed by atoms with Gasteiger partial charge in [-0.05, 0) is 70.2 Å². The lowest BCUT2D eigenvalue weighted by molar-refractivity contribution is -0.142. The summed E-state index contributed by atoms with van der Waals surface area (Å²) >= 11 is 0. The van der Waals surface area contributed by atoms with E-state index in [0.29, 0.717) is 31.5 Å². The average Bonchev–Trinajstić information content (AvgIpc) is 2.42. The van der Waals surface area contributed by atoms with E-state index >= 15 is 0 Å². The zero-order valence-electron chi connectivity index (χ0n) is 15.8. The Kier molecular flexibility index (Phi) is 7.27. The normalized spacial score (nSPS) is 12.5. The van der Waals surface area contributed by atoms with Crippen LogP contribution >= 0.6 is 0 Å². The molecule has 0 aliphatic rings. The number of nitrogens with zero attached hydrogens (tertiary/aromatic N) is 1. The molecule has 0 aliphatic heterocycles. The van der Waals surface area contributed by atoms with Crippen molar-refractivity contribution >= 4 is 17.7 Å². The van der Waals surface area contributed by atoms with Gasteiger partial charge in [-0.3, -0.25) is 4.79 Å². The predicted molar refractivity (Wildman–Crippen MR) is 98.5 cm³/mol. The van der Waals surface area contributed by atoms with E-state index in [2.05, 4.69) is 0 Å². The Morgan fingerprint density at radius 1 is 1.28 bits per heavy atom. The van der Waals surface area contributed by atoms with E-state index in [4.69, 9.17) is 10.5 Å². The number of carboxylic acids is 1. The number of ether oxygens (including phenoxy) is 1. The molecule has 0 saturated heterocycles.